The van der Waals surface area contributed by atoms with Crippen molar-refractivity contribution in [3.8, 4) is 11.3 Å². The molecule has 1 amide bonds. The molecule has 1 aromatic carbocycles. The van der Waals surface area contributed by atoms with Crippen LogP contribution in [0.15, 0.2) is 41.1 Å². The molecule has 22 heavy (non-hydrogen) atoms. The van der Waals surface area contributed by atoms with E-state index in [9.17, 15) is 4.79 Å². The number of hydroxylamine groups is 1. The molecule has 0 aliphatic heterocycles. The van der Waals surface area contributed by atoms with Crippen molar-refractivity contribution in [1.82, 2.24) is 10.5 Å². The first-order valence-corrected chi connectivity index (χ1v) is 7.99. The number of amides is 1. The molecule has 2 aromatic heterocycles. The molecule has 3 rings (SSSR count). The van der Waals surface area contributed by atoms with Crippen molar-refractivity contribution in [2.45, 2.75) is 13.8 Å². The minimum atomic E-state index is -0.253. The minimum absolute atomic E-state index is 0.253. The van der Waals surface area contributed by atoms with Crippen molar-refractivity contribution in [1.29, 1.82) is 0 Å². The number of thiophene rings is 1. The Morgan fingerprint density at radius 2 is 2.18 bits per heavy atom. The lowest BCUT2D eigenvalue weighted by molar-refractivity contribution is 0.0366. The maximum atomic E-state index is 12.4. The second-order valence-corrected chi connectivity index (χ2v) is 5.73. The van der Waals surface area contributed by atoms with E-state index in [0.717, 1.165) is 27.7 Å². The van der Waals surface area contributed by atoms with Gasteiger partial charge >= 0.3 is 0 Å². The lowest BCUT2D eigenvalue weighted by Gasteiger charge is -2.10. The summed E-state index contributed by atoms with van der Waals surface area (Å²) in [6, 6.07) is 9.73. The number of hydrogen-bond donors (Lipinski definition) is 1. The van der Waals surface area contributed by atoms with Gasteiger partial charge in [0, 0.05) is 16.3 Å². The molecular formula is C17H16N2O2S. The summed E-state index contributed by atoms with van der Waals surface area (Å²) in [4.78, 5) is 22.1. The number of pyridine rings is 1. The minimum Gasteiger partial charge on any atom is -0.274 e. The lowest BCUT2D eigenvalue weighted by Crippen LogP contribution is -2.24. The number of carbonyl (C=O) groups is 1. The molecule has 0 saturated heterocycles. The van der Waals surface area contributed by atoms with Crippen LogP contribution in [0.4, 0.5) is 0 Å². The molecule has 0 radical (unpaired) electrons. The summed E-state index contributed by atoms with van der Waals surface area (Å²) < 4.78 is 0. The molecule has 2 heterocycles. The van der Waals surface area contributed by atoms with Gasteiger partial charge in [0.25, 0.3) is 5.91 Å². The highest BCUT2D eigenvalue weighted by molar-refractivity contribution is 7.08. The van der Waals surface area contributed by atoms with Gasteiger partial charge in [0.2, 0.25) is 0 Å². The van der Waals surface area contributed by atoms with Crippen LogP contribution in [0.5, 0.6) is 0 Å². The van der Waals surface area contributed by atoms with Crippen LogP contribution in [0.1, 0.15) is 22.8 Å². The average molecular weight is 312 g/mol. The second kappa shape index (κ2) is 6.25. The van der Waals surface area contributed by atoms with Gasteiger partial charge in [0.05, 0.1) is 23.4 Å². The predicted octanol–water partition coefficient (Wildman–Crippen LogP) is 3.95. The van der Waals surface area contributed by atoms with Gasteiger partial charge in [0.1, 0.15) is 0 Å². The van der Waals surface area contributed by atoms with E-state index in [1.54, 1.807) is 11.3 Å². The number of carbonyl (C=O) groups excluding carboxylic acids is 1. The van der Waals surface area contributed by atoms with E-state index >= 15 is 0 Å². The largest absolute Gasteiger partial charge is 0.275 e. The maximum absolute atomic E-state index is 12.4. The monoisotopic (exact) mass is 312 g/mol. The summed E-state index contributed by atoms with van der Waals surface area (Å²) in [6.07, 6.45) is 0. The Morgan fingerprint density at radius 3 is 2.91 bits per heavy atom. The van der Waals surface area contributed by atoms with Gasteiger partial charge in [-0.15, -0.1) is 0 Å². The van der Waals surface area contributed by atoms with Gasteiger partial charge in [-0.1, -0.05) is 11.6 Å². The third-order valence-corrected chi connectivity index (χ3v) is 4.02. The van der Waals surface area contributed by atoms with Crippen LogP contribution in [-0.4, -0.2) is 17.5 Å². The van der Waals surface area contributed by atoms with Gasteiger partial charge in [-0.2, -0.15) is 11.3 Å². The number of aromatic nitrogens is 1. The molecule has 4 nitrogen and oxygen atoms in total. The normalized spacial score (nSPS) is 10.8. The molecule has 0 saturated carbocycles. The van der Waals surface area contributed by atoms with Crippen molar-refractivity contribution < 1.29 is 9.63 Å². The molecule has 5 heteroatoms. The fourth-order valence-electron chi connectivity index (χ4n) is 2.28. The van der Waals surface area contributed by atoms with Gasteiger partial charge < -0.3 is 0 Å². The molecule has 0 fully saturated rings. The SMILES string of the molecule is CCONC(=O)c1cc(-c2ccsc2)nc2ccc(C)cc12. The summed E-state index contributed by atoms with van der Waals surface area (Å²) >= 11 is 1.61. The fourth-order valence-corrected chi connectivity index (χ4v) is 2.93. The first-order valence-electron chi connectivity index (χ1n) is 7.05. The van der Waals surface area contributed by atoms with Gasteiger partial charge in [-0.3, -0.25) is 9.63 Å². The highest BCUT2D eigenvalue weighted by atomic mass is 32.1. The summed E-state index contributed by atoms with van der Waals surface area (Å²) in [5.41, 5.74) is 6.73. The fraction of sp³-hybridized carbons (Fsp3) is 0.176. The molecular weight excluding hydrogens is 296 g/mol. The van der Waals surface area contributed by atoms with Crippen molar-refractivity contribution in [2.24, 2.45) is 0 Å². The molecule has 0 spiro atoms. The Labute approximate surface area is 132 Å². The van der Waals surface area contributed by atoms with E-state index in [0.29, 0.717) is 12.2 Å². The van der Waals surface area contributed by atoms with E-state index in [4.69, 9.17) is 4.84 Å². The summed E-state index contributed by atoms with van der Waals surface area (Å²) in [5, 5.41) is 4.85. The summed E-state index contributed by atoms with van der Waals surface area (Å²) in [6.45, 7) is 4.24. The zero-order valence-corrected chi connectivity index (χ0v) is 13.2. The summed E-state index contributed by atoms with van der Waals surface area (Å²) in [5.74, 6) is -0.253. The van der Waals surface area contributed by atoms with Crippen LogP contribution in [0, 0.1) is 6.92 Å². The van der Waals surface area contributed by atoms with Crippen molar-refractivity contribution in [3.63, 3.8) is 0 Å². The molecule has 112 valence electrons. The smallest absolute Gasteiger partial charge is 0.274 e. The first kappa shape index (κ1) is 14.7. The Morgan fingerprint density at radius 1 is 1.32 bits per heavy atom. The van der Waals surface area contributed by atoms with E-state index in [-0.39, 0.29) is 5.91 Å². The van der Waals surface area contributed by atoms with Crippen LogP contribution in [0.2, 0.25) is 0 Å². The van der Waals surface area contributed by atoms with Gasteiger partial charge in [-0.25, -0.2) is 10.5 Å². The zero-order valence-electron chi connectivity index (χ0n) is 12.4. The van der Waals surface area contributed by atoms with E-state index in [1.807, 2.05) is 54.9 Å². The molecule has 1 N–H and O–H groups in total. The number of hydrogen-bond acceptors (Lipinski definition) is 4. The third kappa shape index (κ3) is 2.86. The average Bonchev–Trinajstić information content (AvgIpc) is 3.06. The Hall–Kier alpha value is -2.24. The molecule has 0 aliphatic rings. The van der Waals surface area contributed by atoms with E-state index < -0.39 is 0 Å². The predicted molar refractivity (Wildman–Crippen MR) is 88.9 cm³/mol. The summed E-state index contributed by atoms with van der Waals surface area (Å²) in [7, 11) is 0. The Balaban J connectivity index is 2.17. The van der Waals surface area contributed by atoms with Crippen LogP contribution in [-0.2, 0) is 4.84 Å². The topological polar surface area (TPSA) is 51.2 Å². The number of nitrogens with zero attached hydrogens (tertiary/aromatic N) is 1. The van der Waals surface area contributed by atoms with Crippen LogP contribution < -0.4 is 5.48 Å². The highest BCUT2D eigenvalue weighted by Crippen LogP contribution is 2.27. The lowest BCUT2D eigenvalue weighted by atomic mass is 10.0. The Kier molecular flexibility index (Phi) is 4.18. The van der Waals surface area contributed by atoms with E-state index in [1.165, 1.54) is 0 Å². The zero-order chi connectivity index (χ0) is 15.5. The number of benzene rings is 1. The molecule has 0 atom stereocenters. The second-order valence-electron chi connectivity index (χ2n) is 4.95. The number of nitrogens with one attached hydrogen (secondary N) is 1. The highest BCUT2D eigenvalue weighted by Gasteiger charge is 2.14. The third-order valence-electron chi connectivity index (χ3n) is 3.33. The van der Waals surface area contributed by atoms with Crippen LogP contribution in [0.3, 0.4) is 0 Å². The quantitative estimate of drug-likeness (QED) is 0.742. The first-order chi connectivity index (χ1) is 10.7. The van der Waals surface area contributed by atoms with Crippen LogP contribution >= 0.6 is 11.3 Å². The number of fused-ring (bicyclic) bond motifs is 1. The van der Waals surface area contributed by atoms with Gasteiger partial charge in [0.15, 0.2) is 0 Å². The van der Waals surface area contributed by atoms with Crippen LogP contribution in [0.25, 0.3) is 22.2 Å². The molecule has 0 bridgehead atoms. The maximum Gasteiger partial charge on any atom is 0.275 e. The van der Waals surface area contributed by atoms with Gasteiger partial charge in [-0.05, 0) is 43.5 Å². The molecule has 0 unspecified atom stereocenters. The van der Waals surface area contributed by atoms with Crippen molar-refractivity contribution in [2.75, 3.05) is 6.61 Å². The number of aryl methyl sites for hydroxylation is 1. The Bertz CT molecular complexity index is 813. The molecule has 3 aromatic rings. The molecule has 0 aliphatic carbocycles. The van der Waals surface area contributed by atoms with E-state index in [2.05, 4.69) is 10.5 Å². The standard InChI is InChI=1S/C17H16N2O2S/c1-3-21-19-17(20)14-9-16(12-6-7-22-10-12)18-15-5-4-11(2)8-13(14)15/h4-10H,3H2,1-2H3,(H,19,20). The number of rotatable bonds is 4. The van der Waals surface area contributed by atoms with Crippen molar-refractivity contribution >= 4 is 28.1 Å². The van der Waals surface area contributed by atoms with Crippen molar-refractivity contribution in [3.05, 3.63) is 52.2 Å².